The summed E-state index contributed by atoms with van der Waals surface area (Å²) in [7, 11) is 0. The highest BCUT2D eigenvalue weighted by Crippen LogP contribution is 2.76. The summed E-state index contributed by atoms with van der Waals surface area (Å²) in [5.41, 5.74) is -3.51. The van der Waals surface area contributed by atoms with E-state index in [1.165, 1.54) is 6.92 Å². The molecule has 25 atom stereocenters. The molecule has 0 spiro atoms. The fourth-order valence-corrected chi connectivity index (χ4v) is 15.7. The third-order valence-corrected chi connectivity index (χ3v) is 20.3. The zero-order valence-electron chi connectivity index (χ0n) is 44.4. The molecule has 3 aliphatic heterocycles. The number of fused-ring (bicyclic) bond motifs is 7. The number of allylic oxidation sites excluding steroid dienone is 3. The summed E-state index contributed by atoms with van der Waals surface area (Å²) in [6.07, 6.45) is -20.6. The third-order valence-electron chi connectivity index (χ3n) is 20.3. The first-order valence-corrected chi connectivity index (χ1v) is 26.5. The summed E-state index contributed by atoms with van der Waals surface area (Å²) < 4.78 is 47.9. The van der Waals surface area contributed by atoms with Crippen LogP contribution in [0.25, 0.3) is 0 Å². The van der Waals surface area contributed by atoms with Crippen molar-refractivity contribution in [2.45, 2.75) is 212 Å². The Morgan fingerprint density at radius 1 is 0.707 bits per heavy atom. The van der Waals surface area contributed by atoms with E-state index in [0.717, 1.165) is 5.57 Å². The molecule has 22 nitrogen and oxygen atoms in total. The quantitative estimate of drug-likeness (QED) is 0.0528. The van der Waals surface area contributed by atoms with E-state index in [2.05, 4.69) is 26.8 Å². The first kappa shape index (κ1) is 58.4. The Balaban J connectivity index is 1.10. The van der Waals surface area contributed by atoms with Crippen molar-refractivity contribution in [3.05, 3.63) is 23.3 Å². The molecule has 0 aromatic carbocycles. The van der Waals surface area contributed by atoms with Crippen LogP contribution in [0.4, 0.5) is 0 Å². The molecule has 0 bridgehead atoms. The average molecular weight is 1070 g/mol. The normalized spacial score (nSPS) is 50.7. The maximum atomic E-state index is 13.4. The van der Waals surface area contributed by atoms with Crippen molar-refractivity contribution in [1.29, 1.82) is 0 Å². The van der Waals surface area contributed by atoms with E-state index in [1.54, 1.807) is 19.9 Å². The number of ether oxygens (including phenoxy) is 8. The van der Waals surface area contributed by atoms with Gasteiger partial charge in [-0.2, -0.15) is 0 Å². The Hall–Kier alpha value is -2.75. The summed E-state index contributed by atoms with van der Waals surface area (Å²) in [5.74, 6) is -3.65. The first-order chi connectivity index (χ1) is 35.0. The van der Waals surface area contributed by atoms with Gasteiger partial charge in [-0.05, 0) is 92.8 Å². The monoisotopic (exact) mass is 1070 g/mol. The summed E-state index contributed by atoms with van der Waals surface area (Å²) in [4.78, 5) is 39.3. The molecule has 0 aromatic heterocycles. The molecule has 0 radical (unpaired) electrons. The number of carbonyl (C=O) groups excluding carboxylic acids is 2. The van der Waals surface area contributed by atoms with E-state index in [0.29, 0.717) is 37.7 Å². The highest BCUT2D eigenvalue weighted by molar-refractivity contribution is 5.87. The minimum absolute atomic E-state index is 0.0432. The number of hydrogen-bond donors (Lipinski definition) is 11. The standard InChI is InChI=1S/C53H82O22/c1-10-23(2)44(67)75-41-42(70-24(3)56)53(22-55)26(17-48(41,4)5)25-11-12-30-49(6)15-14-32(50(7,21-54)29(49)13-16-51(30,8)52(25,9)18-31(53)59)71-47-39(73-46-36(63)34(61)28(58)20-69-46)37(64)38(40(74-47)43(65)66)72-45-35(62)33(60)27(57)19-68-45/h10-11,26-42,45-47,54-55,57-64H,12-22H2,1-9H3,(H,65,66)/b23-10+/t26-,27+,28+,29+,30+,31+,32-,33-,34-,35+,36+,37-,38-,39+,40-,41-,42-,45-,46-,47+,49-,50+,51+,52+,53-/m0/s1. The van der Waals surface area contributed by atoms with Crippen LogP contribution in [-0.2, 0) is 52.3 Å². The van der Waals surface area contributed by atoms with Crippen LogP contribution < -0.4 is 0 Å². The van der Waals surface area contributed by atoms with Crippen LogP contribution in [0.1, 0.15) is 107 Å². The lowest BCUT2D eigenvalue weighted by molar-refractivity contribution is -0.383. The van der Waals surface area contributed by atoms with E-state index in [9.17, 15) is 70.6 Å². The molecule has 75 heavy (non-hydrogen) atoms. The Kier molecular flexibility index (Phi) is 16.4. The second-order valence-electron chi connectivity index (χ2n) is 24.6. The molecule has 0 amide bonds. The molecule has 7 fully saturated rings. The van der Waals surface area contributed by atoms with Crippen molar-refractivity contribution in [3.63, 3.8) is 0 Å². The van der Waals surface area contributed by atoms with Crippen LogP contribution in [0.3, 0.4) is 0 Å². The molecule has 5 aliphatic carbocycles. The van der Waals surface area contributed by atoms with Crippen molar-refractivity contribution in [2.24, 2.45) is 50.2 Å². The molecule has 3 saturated heterocycles. The Morgan fingerprint density at radius 2 is 1.31 bits per heavy atom. The van der Waals surface area contributed by atoms with Crippen molar-refractivity contribution >= 4 is 17.9 Å². The van der Waals surface area contributed by atoms with Gasteiger partial charge in [-0.25, -0.2) is 9.59 Å². The average Bonchev–Trinajstić information content (AvgIpc) is 3.34. The van der Waals surface area contributed by atoms with Crippen molar-refractivity contribution < 1.29 is 108 Å². The van der Waals surface area contributed by atoms with E-state index >= 15 is 0 Å². The minimum atomic E-state index is -2.04. The predicted octanol–water partition coefficient (Wildman–Crippen LogP) is -0.0429. The number of carboxylic acid groups (broad SMARTS) is 1. The topological polar surface area (TPSA) is 348 Å². The Morgan fingerprint density at radius 3 is 1.85 bits per heavy atom. The number of carboxylic acids is 1. The molecule has 426 valence electrons. The lowest BCUT2D eigenvalue weighted by Crippen LogP contribution is -2.72. The van der Waals surface area contributed by atoms with Gasteiger partial charge in [0.05, 0.1) is 44.1 Å². The smallest absolute Gasteiger partial charge is 0.335 e. The van der Waals surface area contributed by atoms with Crippen LogP contribution in [0.5, 0.6) is 0 Å². The van der Waals surface area contributed by atoms with Gasteiger partial charge in [0.25, 0.3) is 0 Å². The number of carbonyl (C=O) groups is 3. The molecular formula is C53H82O22. The van der Waals surface area contributed by atoms with Gasteiger partial charge in [-0.15, -0.1) is 0 Å². The van der Waals surface area contributed by atoms with Crippen LogP contribution in [0, 0.1) is 50.2 Å². The maximum absolute atomic E-state index is 13.4. The second kappa shape index (κ2) is 21.0. The molecule has 0 aromatic rings. The minimum Gasteiger partial charge on any atom is -0.479 e. The molecule has 22 heteroatoms. The molecule has 8 aliphatic rings. The SMILES string of the molecule is C/C=C(\C)C(=O)O[C@H]1[C@H](OC(C)=O)[C@]2(CO)[C@H](O)C[C@]3(C)C(=CC[C@@H]4[C@@]5(C)CC[C@H](O[C@@H]6O[C@H](C(=O)O)[C@@H](O[C@@H]7OC[C@@H](O)[C@H](O)[C@H]7O)[C@H](O)[C@H]6O[C@@H]6OC[C@@H](O)[C@H](O)[C@H]6O)[C@](C)(CO)[C@@H]5CC[C@]43C)[C@@H]2CC1(C)C. The third kappa shape index (κ3) is 9.34. The Labute approximate surface area is 436 Å². The predicted molar refractivity (Wildman–Crippen MR) is 257 cm³/mol. The molecule has 4 saturated carbocycles. The molecule has 3 heterocycles. The number of aliphatic carboxylic acids is 1. The fourth-order valence-electron chi connectivity index (χ4n) is 15.7. The molecule has 0 unspecified atom stereocenters. The molecular weight excluding hydrogens is 989 g/mol. The highest BCUT2D eigenvalue weighted by Gasteiger charge is 2.74. The van der Waals surface area contributed by atoms with Crippen LogP contribution >= 0.6 is 0 Å². The Bertz CT molecular complexity index is 2190. The van der Waals surface area contributed by atoms with Gasteiger partial charge in [0.2, 0.25) is 0 Å². The van der Waals surface area contributed by atoms with E-state index in [-0.39, 0.29) is 24.7 Å². The lowest BCUT2D eigenvalue weighted by Gasteiger charge is -2.72. The largest absolute Gasteiger partial charge is 0.479 e. The molecule has 11 N–H and O–H groups in total. The van der Waals surface area contributed by atoms with Crippen molar-refractivity contribution in [2.75, 3.05) is 26.4 Å². The number of esters is 2. The summed E-state index contributed by atoms with van der Waals surface area (Å²) >= 11 is 0. The van der Waals surface area contributed by atoms with Crippen LogP contribution in [-0.4, -0.2) is 205 Å². The maximum Gasteiger partial charge on any atom is 0.335 e. The van der Waals surface area contributed by atoms with Gasteiger partial charge in [-0.1, -0.05) is 59.3 Å². The van der Waals surface area contributed by atoms with E-state index in [4.69, 9.17) is 37.9 Å². The first-order valence-electron chi connectivity index (χ1n) is 26.5. The van der Waals surface area contributed by atoms with Gasteiger partial charge in [0.1, 0.15) is 67.1 Å². The van der Waals surface area contributed by atoms with Gasteiger partial charge in [0, 0.05) is 23.3 Å². The van der Waals surface area contributed by atoms with Crippen LogP contribution in [0.2, 0.25) is 0 Å². The zero-order valence-corrected chi connectivity index (χ0v) is 44.4. The van der Waals surface area contributed by atoms with Crippen molar-refractivity contribution in [1.82, 2.24) is 0 Å². The van der Waals surface area contributed by atoms with Gasteiger partial charge >= 0.3 is 17.9 Å². The number of aliphatic hydroxyl groups excluding tert-OH is 10. The van der Waals surface area contributed by atoms with Crippen molar-refractivity contribution in [3.8, 4) is 0 Å². The van der Waals surface area contributed by atoms with E-state index in [1.807, 2.05) is 20.8 Å². The summed E-state index contributed by atoms with van der Waals surface area (Å²) in [6.45, 7) is 15.1. The van der Waals surface area contributed by atoms with Gasteiger partial charge in [0.15, 0.2) is 25.0 Å². The lowest BCUT2D eigenvalue weighted by atomic mass is 9.33. The van der Waals surface area contributed by atoms with Crippen LogP contribution in [0.15, 0.2) is 23.3 Å². The van der Waals surface area contributed by atoms with E-state index < -0.39 is 187 Å². The molecule has 8 rings (SSSR count). The fraction of sp³-hybridized carbons (Fsp3) is 0.868. The number of rotatable bonds is 12. The van der Waals surface area contributed by atoms with Gasteiger partial charge in [-0.3, -0.25) is 4.79 Å². The second-order valence-corrected chi connectivity index (χ2v) is 24.6. The summed E-state index contributed by atoms with van der Waals surface area (Å²) in [6, 6.07) is 0. The number of hydrogen-bond acceptors (Lipinski definition) is 21. The number of aliphatic hydroxyl groups is 10. The summed E-state index contributed by atoms with van der Waals surface area (Å²) in [5, 5.41) is 121. The highest BCUT2D eigenvalue weighted by atomic mass is 16.8. The zero-order chi connectivity index (χ0) is 55.3. The van der Waals surface area contributed by atoms with Gasteiger partial charge < -0.3 is 94.1 Å².